The topological polar surface area (TPSA) is 67.4 Å². The lowest BCUT2D eigenvalue weighted by Crippen LogP contribution is -2.32. The first kappa shape index (κ1) is 16.8. The van der Waals surface area contributed by atoms with E-state index in [1.54, 1.807) is 17.4 Å². The third-order valence-electron chi connectivity index (χ3n) is 4.63. The van der Waals surface area contributed by atoms with Gasteiger partial charge in [-0.15, -0.1) is 22.7 Å². The first-order valence-corrected chi connectivity index (χ1v) is 10.3. The highest BCUT2D eigenvalue weighted by molar-refractivity contribution is 7.17. The predicted octanol–water partition coefficient (Wildman–Crippen LogP) is 3.46. The van der Waals surface area contributed by atoms with E-state index in [1.165, 1.54) is 16.2 Å². The molecule has 0 unspecified atom stereocenters. The van der Waals surface area contributed by atoms with Crippen molar-refractivity contribution < 1.29 is 14.3 Å². The number of thiophene rings is 2. The largest absolute Gasteiger partial charge is 0.376 e. The normalized spacial score (nSPS) is 19.0. The monoisotopic (exact) mass is 376 g/mol. The number of ether oxygens (including phenoxy) is 1. The number of carbonyl (C=O) groups is 2. The van der Waals surface area contributed by atoms with Gasteiger partial charge < -0.3 is 15.4 Å². The molecule has 0 aromatic carbocycles. The molecule has 2 aromatic heterocycles. The second-order valence-electron chi connectivity index (χ2n) is 6.34. The van der Waals surface area contributed by atoms with Crippen molar-refractivity contribution >= 4 is 39.5 Å². The number of rotatable bonds is 5. The van der Waals surface area contributed by atoms with Crippen LogP contribution in [0.25, 0.3) is 0 Å². The Morgan fingerprint density at radius 1 is 1.24 bits per heavy atom. The summed E-state index contributed by atoms with van der Waals surface area (Å²) in [5.41, 5.74) is 1.76. The summed E-state index contributed by atoms with van der Waals surface area (Å²) in [5.74, 6) is -0.250. The van der Waals surface area contributed by atoms with E-state index in [0.29, 0.717) is 22.0 Å². The number of anilines is 1. The highest BCUT2D eigenvalue weighted by Gasteiger charge is 2.28. The predicted molar refractivity (Wildman–Crippen MR) is 99.9 cm³/mol. The van der Waals surface area contributed by atoms with Crippen LogP contribution in [-0.4, -0.2) is 31.1 Å². The van der Waals surface area contributed by atoms with Gasteiger partial charge in [0.05, 0.1) is 16.5 Å². The zero-order valence-electron chi connectivity index (χ0n) is 13.8. The van der Waals surface area contributed by atoms with Crippen LogP contribution < -0.4 is 10.6 Å². The molecule has 1 saturated heterocycles. The van der Waals surface area contributed by atoms with Crippen molar-refractivity contribution in [2.24, 2.45) is 0 Å². The summed E-state index contributed by atoms with van der Waals surface area (Å²) in [5, 5.41) is 8.50. The van der Waals surface area contributed by atoms with E-state index in [9.17, 15) is 9.59 Å². The molecule has 4 rings (SSSR count). The fraction of sp³-hybridized carbons (Fsp3) is 0.444. The minimum absolute atomic E-state index is 0.101. The van der Waals surface area contributed by atoms with Crippen molar-refractivity contribution in [3.05, 3.63) is 38.4 Å². The highest BCUT2D eigenvalue weighted by atomic mass is 32.1. The van der Waals surface area contributed by atoms with Crippen LogP contribution in [0.5, 0.6) is 0 Å². The summed E-state index contributed by atoms with van der Waals surface area (Å²) in [6.07, 6.45) is 5.12. The van der Waals surface area contributed by atoms with Gasteiger partial charge in [-0.25, -0.2) is 0 Å². The molecule has 2 amide bonds. The lowest BCUT2D eigenvalue weighted by Gasteiger charge is -2.12. The third kappa shape index (κ3) is 3.49. The van der Waals surface area contributed by atoms with E-state index in [4.69, 9.17) is 4.74 Å². The first-order chi connectivity index (χ1) is 12.2. The number of fused-ring (bicyclic) bond motifs is 1. The lowest BCUT2D eigenvalue weighted by atomic mass is 10.1. The minimum atomic E-state index is -0.150. The summed E-state index contributed by atoms with van der Waals surface area (Å²) < 4.78 is 5.58. The molecule has 1 aliphatic carbocycles. The van der Waals surface area contributed by atoms with E-state index < -0.39 is 0 Å². The SMILES string of the molecule is O=C(Nc1sc2c(c1C(=O)NC[C@H]1CCCO1)CCC2)c1cccs1. The molecule has 1 fully saturated rings. The standard InChI is InChI=1S/C18H20N2O3S2/c21-16(14-7-3-9-24-14)20-18-15(12-5-1-6-13(12)25-18)17(22)19-10-11-4-2-8-23-11/h3,7,9,11H,1-2,4-6,8,10H2,(H,19,22)(H,20,21)/t11-/m1/s1. The zero-order chi connectivity index (χ0) is 17.2. The van der Waals surface area contributed by atoms with Gasteiger partial charge in [0.25, 0.3) is 11.8 Å². The summed E-state index contributed by atoms with van der Waals surface area (Å²) in [6, 6.07) is 3.64. The molecule has 132 valence electrons. The van der Waals surface area contributed by atoms with Crippen LogP contribution in [0, 0.1) is 0 Å². The molecule has 0 saturated carbocycles. The Kier molecular flexibility index (Phi) is 4.87. The molecule has 1 atom stereocenters. The van der Waals surface area contributed by atoms with Gasteiger partial charge in [0.2, 0.25) is 0 Å². The molecule has 3 heterocycles. The molecule has 0 spiro atoms. The number of aryl methyl sites for hydroxylation is 1. The summed E-state index contributed by atoms with van der Waals surface area (Å²) in [7, 11) is 0. The number of nitrogens with one attached hydrogen (secondary N) is 2. The van der Waals surface area contributed by atoms with Gasteiger partial charge in [-0.1, -0.05) is 6.07 Å². The molecule has 1 aliphatic heterocycles. The number of hydrogen-bond donors (Lipinski definition) is 2. The van der Waals surface area contributed by atoms with Gasteiger partial charge >= 0.3 is 0 Å². The molecule has 5 nitrogen and oxygen atoms in total. The van der Waals surface area contributed by atoms with Crippen LogP contribution in [0.3, 0.4) is 0 Å². The number of hydrogen-bond acceptors (Lipinski definition) is 5. The van der Waals surface area contributed by atoms with Crippen molar-refractivity contribution in [2.45, 2.75) is 38.2 Å². The van der Waals surface area contributed by atoms with E-state index >= 15 is 0 Å². The van der Waals surface area contributed by atoms with Crippen LogP contribution in [0.2, 0.25) is 0 Å². The maximum Gasteiger partial charge on any atom is 0.266 e. The van der Waals surface area contributed by atoms with E-state index in [2.05, 4.69) is 10.6 Å². The maximum atomic E-state index is 12.8. The van der Waals surface area contributed by atoms with Gasteiger partial charge in [-0.3, -0.25) is 9.59 Å². The van der Waals surface area contributed by atoms with Gasteiger partial charge in [-0.2, -0.15) is 0 Å². The molecule has 2 aliphatic rings. The summed E-state index contributed by atoms with van der Waals surface area (Å²) >= 11 is 2.94. The molecule has 25 heavy (non-hydrogen) atoms. The molecule has 2 N–H and O–H groups in total. The van der Waals surface area contributed by atoms with Crippen molar-refractivity contribution in [3.63, 3.8) is 0 Å². The molecule has 7 heteroatoms. The van der Waals surface area contributed by atoms with Crippen molar-refractivity contribution in [2.75, 3.05) is 18.5 Å². The molecule has 0 radical (unpaired) electrons. The van der Waals surface area contributed by atoms with Crippen molar-refractivity contribution in [1.82, 2.24) is 5.32 Å². The Labute approximate surface area is 154 Å². The fourth-order valence-corrected chi connectivity index (χ4v) is 5.31. The van der Waals surface area contributed by atoms with Gasteiger partial charge in [0, 0.05) is 18.0 Å². The van der Waals surface area contributed by atoms with E-state index in [1.807, 2.05) is 11.4 Å². The van der Waals surface area contributed by atoms with E-state index in [-0.39, 0.29) is 17.9 Å². The maximum absolute atomic E-state index is 12.8. The molecular formula is C18H20N2O3S2. The Hall–Kier alpha value is -1.70. The Bertz CT molecular complexity index is 777. The smallest absolute Gasteiger partial charge is 0.266 e. The Morgan fingerprint density at radius 2 is 2.16 bits per heavy atom. The average Bonchev–Trinajstić information content (AvgIpc) is 3.35. The van der Waals surface area contributed by atoms with Gasteiger partial charge in [-0.05, 0) is 49.1 Å². The summed E-state index contributed by atoms with van der Waals surface area (Å²) in [6.45, 7) is 1.30. The highest BCUT2D eigenvalue weighted by Crippen LogP contribution is 2.39. The molecule has 2 aromatic rings. The molecular weight excluding hydrogens is 356 g/mol. The molecule has 0 bridgehead atoms. The first-order valence-electron chi connectivity index (χ1n) is 8.61. The van der Waals surface area contributed by atoms with Crippen LogP contribution in [0.4, 0.5) is 5.00 Å². The second-order valence-corrected chi connectivity index (χ2v) is 8.39. The Morgan fingerprint density at radius 3 is 2.92 bits per heavy atom. The lowest BCUT2D eigenvalue weighted by molar-refractivity contribution is 0.0858. The number of amides is 2. The number of carbonyl (C=O) groups excluding carboxylic acids is 2. The van der Waals surface area contributed by atoms with Gasteiger partial charge in [0.15, 0.2) is 0 Å². The summed E-state index contributed by atoms with van der Waals surface area (Å²) in [4.78, 5) is 27.1. The van der Waals surface area contributed by atoms with E-state index in [0.717, 1.165) is 44.3 Å². The van der Waals surface area contributed by atoms with Crippen LogP contribution in [0.15, 0.2) is 17.5 Å². The Balaban J connectivity index is 1.53. The van der Waals surface area contributed by atoms with Crippen LogP contribution in [0.1, 0.15) is 49.7 Å². The van der Waals surface area contributed by atoms with Crippen molar-refractivity contribution in [3.8, 4) is 0 Å². The van der Waals surface area contributed by atoms with Crippen LogP contribution in [-0.2, 0) is 17.6 Å². The average molecular weight is 377 g/mol. The second kappa shape index (κ2) is 7.27. The van der Waals surface area contributed by atoms with Crippen molar-refractivity contribution in [1.29, 1.82) is 0 Å². The van der Waals surface area contributed by atoms with Gasteiger partial charge in [0.1, 0.15) is 5.00 Å². The quantitative estimate of drug-likeness (QED) is 0.840. The zero-order valence-corrected chi connectivity index (χ0v) is 15.4. The van der Waals surface area contributed by atoms with Crippen LogP contribution >= 0.6 is 22.7 Å². The fourth-order valence-electron chi connectivity index (χ4n) is 3.41. The minimum Gasteiger partial charge on any atom is -0.376 e. The third-order valence-corrected chi connectivity index (χ3v) is 6.71.